The van der Waals surface area contributed by atoms with Crippen molar-refractivity contribution in [2.24, 2.45) is 5.92 Å². The van der Waals surface area contributed by atoms with Crippen LogP contribution in [0.4, 0.5) is 0 Å². The Balaban J connectivity index is 2.01. The Morgan fingerprint density at radius 3 is 2.88 bits per heavy atom. The quantitative estimate of drug-likeness (QED) is 0.708. The number of amides is 1. The van der Waals surface area contributed by atoms with E-state index in [4.69, 9.17) is 0 Å². The maximum atomic E-state index is 12.4. The third kappa shape index (κ3) is 4.44. The first kappa shape index (κ1) is 18.2. The zero-order valence-electron chi connectivity index (χ0n) is 14.7. The molecule has 0 saturated heterocycles. The van der Waals surface area contributed by atoms with Crippen LogP contribution in [0.1, 0.15) is 44.9 Å². The number of fused-ring (bicyclic) bond motifs is 1. The van der Waals surface area contributed by atoms with Crippen LogP contribution in [0.15, 0.2) is 17.1 Å². The second-order valence-corrected chi connectivity index (χ2v) is 7.02. The molecule has 2 heterocycles. The van der Waals surface area contributed by atoms with Gasteiger partial charge in [-0.1, -0.05) is 13.8 Å². The number of aromatic nitrogens is 3. The molecule has 0 aliphatic carbocycles. The summed E-state index contributed by atoms with van der Waals surface area (Å²) in [4.78, 5) is 28.9. The molecule has 7 nitrogen and oxygen atoms in total. The summed E-state index contributed by atoms with van der Waals surface area (Å²) in [6.07, 6.45) is 3.07. The van der Waals surface area contributed by atoms with Crippen molar-refractivity contribution in [2.75, 3.05) is 6.54 Å². The molecule has 24 heavy (non-hydrogen) atoms. The molecule has 7 heteroatoms. The highest BCUT2D eigenvalue weighted by Gasteiger charge is 2.22. The van der Waals surface area contributed by atoms with Gasteiger partial charge in [0.2, 0.25) is 5.91 Å². The van der Waals surface area contributed by atoms with Gasteiger partial charge >= 0.3 is 0 Å². The summed E-state index contributed by atoms with van der Waals surface area (Å²) in [5, 5.41) is 15.8. The zero-order chi connectivity index (χ0) is 17.9. The van der Waals surface area contributed by atoms with Gasteiger partial charge in [-0.05, 0) is 32.6 Å². The number of carbonyl (C=O) groups excluding carboxylic acids is 1. The summed E-state index contributed by atoms with van der Waals surface area (Å²) in [5.74, 6) is 0.196. The summed E-state index contributed by atoms with van der Waals surface area (Å²) >= 11 is 0. The highest BCUT2D eigenvalue weighted by molar-refractivity contribution is 5.78. The van der Waals surface area contributed by atoms with E-state index in [0.29, 0.717) is 29.2 Å². The number of rotatable bonds is 7. The smallest absolute Gasteiger partial charge is 0.276 e. The van der Waals surface area contributed by atoms with Gasteiger partial charge in [-0.2, -0.15) is 0 Å². The Bertz CT molecular complexity index is 774. The first-order valence-corrected chi connectivity index (χ1v) is 8.24. The lowest BCUT2D eigenvalue weighted by molar-refractivity contribution is -0.121. The van der Waals surface area contributed by atoms with Crippen LogP contribution in [-0.4, -0.2) is 37.8 Å². The third-order valence-electron chi connectivity index (χ3n) is 4.11. The van der Waals surface area contributed by atoms with Crippen LogP contribution in [-0.2, 0) is 11.2 Å². The summed E-state index contributed by atoms with van der Waals surface area (Å²) in [6.45, 7) is 7.78. The fourth-order valence-electron chi connectivity index (χ4n) is 2.51. The van der Waals surface area contributed by atoms with Crippen LogP contribution >= 0.6 is 0 Å². The van der Waals surface area contributed by atoms with Crippen molar-refractivity contribution in [1.82, 2.24) is 19.9 Å². The van der Waals surface area contributed by atoms with Crippen molar-refractivity contribution in [2.45, 2.75) is 52.6 Å². The molecule has 1 amide bonds. The Morgan fingerprint density at radius 2 is 2.21 bits per heavy atom. The van der Waals surface area contributed by atoms with Crippen molar-refractivity contribution in [1.29, 1.82) is 0 Å². The molecule has 0 radical (unpaired) electrons. The monoisotopic (exact) mass is 334 g/mol. The number of aliphatic hydroxyl groups is 1. The molecule has 3 N–H and O–H groups in total. The number of hydrogen-bond donors (Lipinski definition) is 3. The highest BCUT2D eigenvalue weighted by atomic mass is 16.3. The fourth-order valence-corrected chi connectivity index (χ4v) is 2.51. The number of hydrogen-bond acceptors (Lipinski definition) is 4. The van der Waals surface area contributed by atoms with Crippen molar-refractivity contribution in [3.63, 3.8) is 0 Å². The lowest BCUT2D eigenvalue weighted by Gasteiger charge is -2.24. The molecular formula is C17H26N4O3. The molecule has 132 valence electrons. The lowest BCUT2D eigenvalue weighted by Crippen LogP contribution is -2.42. The minimum Gasteiger partial charge on any atom is -0.388 e. The number of H-pyrrole nitrogens is 1. The molecule has 0 aliphatic heterocycles. The van der Waals surface area contributed by atoms with Gasteiger partial charge in [-0.3, -0.25) is 14.7 Å². The first-order chi connectivity index (χ1) is 11.2. The van der Waals surface area contributed by atoms with E-state index >= 15 is 0 Å². The maximum Gasteiger partial charge on any atom is 0.276 e. The third-order valence-corrected chi connectivity index (χ3v) is 4.11. The molecule has 0 aliphatic rings. The predicted molar refractivity (Wildman–Crippen MR) is 92.0 cm³/mol. The normalized spacial score (nSPS) is 14.1. The van der Waals surface area contributed by atoms with Crippen molar-refractivity contribution < 1.29 is 9.90 Å². The summed E-state index contributed by atoms with van der Waals surface area (Å²) in [6, 6.07) is 1.70. The van der Waals surface area contributed by atoms with Gasteiger partial charge < -0.3 is 10.4 Å². The van der Waals surface area contributed by atoms with Crippen LogP contribution in [0.5, 0.6) is 0 Å². The summed E-state index contributed by atoms with van der Waals surface area (Å²) < 4.78 is 1.31. The van der Waals surface area contributed by atoms with E-state index < -0.39 is 5.60 Å². The van der Waals surface area contributed by atoms with E-state index in [1.54, 1.807) is 26.1 Å². The standard InChI is InChI=1S/C17H26N4O3/c1-11(2)5-7-17(4,24)10-18-15(22)9-13-12(3)20-14-6-8-19-21(14)16(13)23/h6,8,11,19,24H,5,7,9-10H2,1-4H3,(H,18,22). The molecule has 0 spiro atoms. The highest BCUT2D eigenvalue weighted by Crippen LogP contribution is 2.15. The van der Waals surface area contributed by atoms with Crippen LogP contribution in [0, 0.1) is 12.8 Å². The van der Waals surface area contributed by atoms with Crippen molar-refractivity contribution >= 4 is 11.6 Å². The molecule has 2 aromatic heterocycles. The van der Waals surface area contributed by atoms with E-state index in [0.717, 1.165) is 6.42 Å². The summed E-state index contributed by atoms with van der Waals surface area (Å²) in [7, 11) is 0. The Kier molecular flexibility index (Phi) is 5.43. The SMILES string of the molecule is Cc1nc2cc[nH]n2c(=O)c1CC(=O)NCC(C)(O)CCC(C)C. The predicted octanol–water partition coefficient (Wildman–Crippen LogP) is 1.18. The van der Waals surface area contributed by atoms with Gasteiger partial charge in [0.25, 0.3) is 5.56 Å². The number of nitrogens with one attached hydrogen (secondary N) is 2. The first-order valence-electron chi connectivity index (χ1n) is 8.24. The Labute approximate surface area is 141 Å². The zero-order valence-corrected chi connectivity index (χ0v) is 14.7. The van der Waals surface area contributed by atoms with Gasteiger partial charge in [0.05, 0.1) is 12.0 Å². The molecule has 0 bridgehead atoms. The average Bonchev–Trinajstić information content (AvgIpc) is 2.96. The van der Waals surface area contributed by atoms with Gasteiger partial charge in [0.15, 0.2) is 5.65 Å². The topological polar surface area (TPSA) is 99.5 Å². The van der Waals surface area contributed by atoms with Gasteiger partial charge in [0, 0.05) is 30.1 Å². The van der Waals surface area contributed by atoms with Crippen LogP contribution in [0.25, 0.3) is 5.65 Å². The van der Waals surface area contributed by atoms with Gasteiger partial charge in [0.1, 0.15) is 0 Å². The number of aryl methyl sites for hydroxylation is 1. The van der Waals surface area contributed by atoms with Gasteiger partial charge in [-0.15, -0.1) is 0 Å². The van der Waals surface area contributed by atoms with E-state index in [-0.39, 0.29) is 24.4 Å². The maximum absolute atomic E-state index is 12.4. The van der Waals surface area contributed by atoms with E-state index in [2.05, 4.69) is 29.2 Å². The lowest BCUT2D eigenvalue weighted by atomic mass is 9.95. The second kappa shape index (κ2) is 7.17. The molecule has 0 fully saturated rings. The average molecular weight is 334 g/mol. The minimum atomic E-state index is -0.953. The molecular weight excluding hydrogens is 308 g/mol. The number of carbonyl (C=O) groups is 1. The van der Waals surface area contributed by atoms with E-state index in [1.807, 2.05) is 0 Å². The molecule has 1 atom stereocenters. The van der Waals surface area contributed by atoms with Gasteiger partial charge in [-0.25, -0.2) is 9.50 Å². The van der Waals surface area contributed by atoms with Crippen molar-refractivity contribution in [3.05, 3.63) is 33.9 Å². The molecule has 2 aromatic rings. The molecule has 0 saturated carbocycles. The van der Waals surface area contributed by atoms with Crippen LogP contribution in [0.3, 0.4) is 0 Å². The van der Waals surface area contributed by atoms with Crippen molar-refractivity contribution in [3.8, 4) is 0 Å². The Hall–Kier alpha value is -2.15. The molecule has 1 unspecified atom stereocenters. The second-order valence-electron chi connectivity index (χ2n) is 7.02. The number of aromatic amines is 1. The fraction of sp³-hybridized carbons (Fsp3) is 0.588. The van der Waals surface area contributed by atoms with Crippen LogP contribution in [0.2, 0.25) is 0 Å². The summed E-state index contributed by atoms with van der Waals surface area (Å²) in [5.41, 5.74) is 0.198. The van der Waals surface area contributed by atoms with E-state index in [9.17, 15) is 14.7 Å². The molecule has 2 rings (SSSR count). The minimum absolute atomic E-state index is 0.0557. The van der Waals surface area contributed by atoms with Crippen LogP contribution < -0.4 is 10.9 Å². The largest absolute Gasteiger partial charge is 0.388 e. The van der Waals surface area contributed by atoms with E-state index in [1.165, 1.54) is 4.52 Å². The molecule has 0 aromatic carbocycles. The Morgan fingerprint density at radius 1 is 1.50 bits per heavy atom. The number of nitrogens with zero attached hydrogens (tertiary/aromatic N) is 2.